The van der Waals surface area contributed by atoms with Crippen molar-refractivity contribution in [3.8, 4) is 0 Å². The Balaban J connectivity index is 2.07. The number of carboxylic acids is 1. The Labute approximate surface area is 122 Å². The summed E-state index contributed by atoms with van der Waals surface area (Å²) in [5.41, 5.74) is 1.43. The molecule has 0 radical (unpaired) electrons. The number of likely N-dealkylation sites (N-methyl/N-ethyl adjacent to an activating group) is 1. The maximum atomic E-state index is 11.3. The molecule has 0 saturated carbocycles. The molecule has 2 rings (SSSR count). The van der Waals surface area contributed by atoms with Crippen LogP contribution in [-0.2, 0) is 4.79 Å². The van der Waals surface area contributed by atoms with E-state index in [-0.39, 0.29) is 12.5 Å². The molecule has 0 aromatic rings. The largest absolute Gasteiger partial charge is 0.481 e. The van der Waals surface area contributed by atoms with Gasteiger partial charge in [-0.3, -0.25) is 9.69 Å². The first kappa shape index (κ1) is 15.5. The maximum Gasteiger partial charge on any atom is 0.304 e. The molecule has 0 amide bonds. The van der Waals surface area contributed by atoms with Gasteiger partial charge in [0.2, 0.25) is 0 Å². The fourth-order valence-electron chi connectivity index (χ4n) is 3.82. The molecule has 0 aromatic carbocycles. The van der Waals surface area contributed by atoms with E-state index in [1.54, 1.807) is 0 Å². The molecular formula is C16H28N2O2. The first-order valence-electron chi connectivity index (χ1n) is 7.77. The number of allylic oxidation sites excluding steroid dienone is 2. The van der Waals surface area contributed by atoms with Crippen molar-refractivity contribution in [2.24, 2.45) is 11.8 Å². The summed E-state index contributed by atoms with van der Waals surface area (Å²) in [4.78, 5) is 16.0. The van der Waals surface area contributed by atoms with Crippen molar-refractivity contribution in [1.82, 2.24) is 9.80 Å². The van der Waals surface area contributed by atoms with Crippen molar-refractivity contribution in [3.63, 3.8) is 0 Å². The minimum atomic E-state index is -0.659. The van der Waals surface area contributed by atoms with Gasteiger partial charge >= 0.3 is 5.97 Å². The predicted octanol–water partition coefficient (Wildman–Crippen LogP) is 2.07. The van der Waals surface area contributed by atoms with Gasteiger partial charge < -0.3 is 10.0 Å². The van der Waals surface area contributed by atoms with Crippen LogP contribution in [0, 0.1) is 11.8 Å². The van der Waals surface area contributed by atoms with Crippen LogP contribution in [0.5, 0.6) is 0 Å². The highest BCUT2D eigenvalue weighted by atomic mass is 16.4. The van der Waals surface area contributed by atoms with Crippen molar-refractivity contribution in [3.05, 3.63) is 11.6 Å². The van der Waals surface area contributed by atoms with E-state index in [0.717, 1.165) is 39.0 Å². The molecule has 4 nitrogen and oxygen atoms in total. The molecule has 1 fully saturated rings. The second kappa shape index (κ2) is 6.72. The van der Waals surface area contributed by atoms with Crippen LogP contribution in [0.25, 0.3) is 0 Å². The second-order valence-corrected chi connectivity index (χ2v) is 6.69. The van der Waals surface area contributed by atoms with Gasteiger partial charge in [-0.15, -0.1) is 0 Å². The van der Waals surface area contributed by atoms with Crippen LogP contribution in [0.3, 0.4) is 0 Å². The number of piperazine rings is 1. The molecule has 0 bridgehead atoms. The molecule has 1 N–H and O–H groups in total. The molecule has 1 aliphatic heterocycles. The van der Waals surface area contributed by atoms with Crippen molar-refractivity contribution >= 4 is 5.97 Å². The van der Waals surface area contributed by atoms with Crippen LogP contribution in [-0.4, -0.2) is 60.1 Å². The van der Waals surface area contributed by atoms with Gasteiger partial charge in [0.1, 0.15) is 0 Å². The molecular weight excluding hydrogens is 252 g/mol. The minimum absolute atomic E-state index is 0.201. The number of nitrogens with zero attached hydrogens (tertiary/aromatic N) is 2. The van der Waals surface area contributed by atoms with Crippen LogP contribution >= 0.6 is 0 Å². The molecule has 4 heteroatoms. The minimum Gasteiger partial charge on any atom is -0.481 e. The average Bonchev–Trinajstić information content (AvgIpc) is 2.35. The maximum absolute atomic E-state index is 11.3. The molecule has 0 aromatic heterocycles. The second-order valence-electron chi connectivity index (χ2n) is 6.69. The third kappa shape index (κ3) is 4.06. The Morgan fingerprint density at radius 1 is 1.40 bits per heavy atom. The molecule has 2 aliphatic rings. The van der Waals surface area contributed by atoms with E-state index in [9.17, 15) is 9.90 Å². The summed E-state index contributed by atoms with van der Waals surface area (Å²) in [6, 6.07) is 0.201. The zero-order valence-electron chi connectivity index (χ0n) is 13.0. The summed E-state index contributed by atoms with van der Waals surface area (Å²) >= 11 is 0. The molecule has 20 heavy (non-hydrogen) atoms. The van der Waals surface area contributed by atoms with Crippen molar-refractivity contribution in [1.29, 1.82) is 0 Å². The van der Waals surface area contributed by atoms with Gasteiger partial charge in [0.05, 0.1) is 6.42 Å². The fraction of sp³-hybridized carbons (Fsp3) is 0.812. The van der Waals surface area contributed by atoms with Crippen LogP contribution in [0.1, 0.15) is 33.1 Å². The van der Waals surface area contributed by atoms with E-state index in [2.05, 4.69) is 36.8 Å². The first-order chi connectivity index (χ1) is 9.45. The zero-order chi connectivity index (χ0) is 14.7. The van der Waals surface area contributed by atoms with Gasteiger partial charge in [0.25, 0.3) is 0 Å². The predicted molar refractivity (Wildman–Crippen MR) is 80.8 cm³/mol. The Bertz CT molecular complexity index is 373. The molecule has 3 unspecified atom stereocenters. The lowest BCUT2D eigenvalue weighted by Gasteiger charge is -2.42. The summed E-state index contributed by atoms with van der Waals surface area (Å²) < 4.78 is 0. The molecule has 0 spiro atoms. The number of hydrogen-bond donors (Lipinski definition) is 1. The smallest absolute Gasteiger partial charge is 0.304 e. The lowest BCUT2D eigenvalue weighted by Crippen LogP contribution is -2.52. The quantitative estimate of drug-likeness (QED) is 0.801. The van der Waals surface area contributed by atoms with E-state index in [1.807, 2.05) is 0 Å². The lowest BCUT2D eigenvalue weighted by atomic mass is 9.78. The van der Waals surface area contributed by atoms with Crippen molar-refractivity contribution in [2.45, 2.75) is 39.2 Å². The van der Waals surface area contributed by atoms with Gasteiger partial charge in [0.15, 0.2) is 0 Å². The molecule has 1 saturated heterocycles. The standard InChI is InChI=1S/C16H28N2O2/c1-12-8-13(2)10-14(9-12)15(11-16(19)20)18-6-4-17(3)5-7-18/h8,12,14-15H,4-7,9-11H2,1-3H3,(H,19,20). The zero-order valence-corrected chi connectivity index (χ0v) is 13.0. The fourth-order valence-corrected chi connectivity index (χ4v) is 3.82. The third-order valence-electron chi connectivity index (χ3n) is 4.76. The Kier molecular flexibility index (Phi) is 5.22. The highest BCUT2D eigenvalue weighted by molar-refractivity contribution is 5.67. The number of carbonyl (C=O) groups is 1. The monoisotopic (exact) mass is 280 g/mol. The van der Waals surface area contributed by atoms with Crippen LogP contribution in [0.2, 0.25) is 0 Å². The van der Waals surface area contributed by atoms with Crippen molar-refractivity contribution in [2.75, 3.05) is 33.2 Å². The van der Waals surface area contributed by atoms with E-state index in [1.165, 1.54) is 5.57 Å². The third-order valence-corrected chi connectivity index (χ3v) is 4.76. The normalized spacial score (nSPS) is 30.9. The van der Waals surface area contributed by atoms with Gasteiger partial charge in [-0.2, -0.15) is 0 Å². The molecule has 1 heterocycles. The van der Waals surface area contributed by atoms with E-state index < -0.39 is 5.97 Å². The number of hydrogen-bond acceptors (Lipinski definition) is 3. The van der Waals surface area contributed by atoms with E-state index in [0.29, 0.717) is 11.8 Å². The summed E-state index contributed by atoms with van der Waals surface area (Å²) in [5.74, 6) is 0.417. The number of carboxylic acid groups (broad SMARTS) is 1. The Hall–Kier alpha value is -0.870. The summed E-state index contributed by atoms with van der Waals surface area (Å²) in [6.07, 6.45) is 4.82. The summed E-state index contributed by atoms with van der Waals surface area (Å²) in [5, 5.41) is 9.28. The van der Waals surface area contributed by atoms with E-state index >= 15 is 0 Å². The van der Waals surface area contributed by atoms with E-state index in [4.69, 9.17) is 0 Å². The van der Waals surface area contributed by atoms with Gasteiger partial charge in [0, 0.05) is 32.2 Å². The lowest BCUT2D eigenvalue weighted by molar-refractivity contribution is -0.139. The average molecular weight is 280 g/mol. The highest BCUT2D eigenvalue weighted by Crippen LogP contribution is 2.33. The molecule has 1 aliphatic carbocycles. The summed E-state index contributed by atoms with van der Waals surface area (Å²) in [6.45, 7) is 8.53. The van der Waals surface area contributed by atoms with Gasteiger partial charge in [-0.25, -0.2) is 0 Å². The topological polar surface area (TPSA) is 43.8 Å². The summed E-state index contributed by atoms with van der Waals surface area (Å²) in [7, 11) is 2.14. The number of rotatable bonds is 4. The SMILES string of the molecule is CC1=CC(C)CC(C(CC(=O)O)N2CCN(C)CC2)C1. The molecule has 114 valence electrons. The van der Waals surface area contributed by atoms with Crippen LogP contribution < -0.4 is 0 Å². The Morgan fingerprint density at radius 2 is 2.05 bits per heavy atom. The van der Waals surface area contributed by atoms with Crippen molar-refractivity contribution < 1.29 is 9.90 Å². The van der Waals surface area contributed by atoms with Crippen LogP contribution in [0.15, 0.2) is 11.6 Å². The Morgan fingerprint density at radius 3 is 2.60 bits per heavy atom. The van der Waals surface area contributed by atoms with Gasteiger partial charge in [-0.1, -0.05) is 18.6 Å². The first-order valence-corrected chi connectivity index (χ1v) is 7.77. The van der Waals surface area contributed by atoms with Gasteiger partial charge in [-0.05, 0) is 38.6 Å². The number of aliphatic carboxylic acids is 1. The van der Waals surface area contributed by atoms with Crippen LogP contribution in [0.4, 0.5) is 0 Å². The highest BCUT2D eigenvalue weighted by Gasteiger charge is 2.33. The molecule has 3 atom stereocenters.